The summed E-state index contributed by atoms with van der Waals surface area (Å²) >= 11 is 0. The van der Waals surface area contributed by atoms with Crippen molar-refractivity contribution in [3.05, 3.63) is 24.2 Å². The van der Waals surface area contributed by atoms with E-state index in [2.05, 4.69) is 15.3 Å². The number of rotatable bonds is 3. The predicted octanol–water partition coefficient (Wildman–Crippen LogP) is 2.81. The third kappa shape index (κ3) is 3.00. The van der Waals surface area contributed by atoms with Gasteiger partial charge < -0.3 is 10.4 Å². The SMILES string of the molecule is O=C(O)c1cc2nccn2c(NC2CCCCC(F)(F)C2)n1. The zero-order chi connectivity index (χ0) is 15.7. The third-order valence-corrected chi connectivity index (χ3v) is 3.83. The number of carbonyl (C=O) groups is 1. The van der Waals surface area contributed by atoms with Crippen LogP contribution >= 0.6 is 0 Å². The number of carboxylic acids is 1. The van der Waals surface area contributed by atoms with Crippen LogP contribution in [0.4, 0.5) is 14.7 Å². The smallest absolute Gasteiger partial charge is 0.354 e. The summed E-state index contributed by atoms with van der Waals surface area (Å²) in [7, 11) is 0. The predicted molar refractivity (Wildman–Crippen MR) is 75.4 cm³/mol. The Balaban J connectivity index is 1.92. The van der Waals surface area contributed by atoms with E-state index in [1.54, 1.807) is 10.6 Å². The maximum atomic E-state index is 13.7. The normalized spacial score (nSPS) is 21.5. The van der Waals surface area contributed by atoms with Gasteiger partial charge in [-0.15, -0.1) is 0 Å². The molecular formula is C14H16F2N4O2. The van der Waals surface area contributed by atoms with Crippen LogP contribution in [0.2, 0.25) is 0 Å². The monoisotopic (exact) mass is 310 g/mol. The molecule has 1 atom stereocenters. The summed E-state index contributed by atoms with van der Waals surface area (Å²) in [6.07, 6.45) is 4.55. The van der Waals surface area contributed by atoms with Crippen molar-refractivity contribution in [2.24, 2.45) is 0 Å². The van der Waals surface area contributed by atoms with E-state index in [0.717, 1.165) is 0 Å². The van der Waals surface area contributed by atoms with Crippen LogP contribution in [-0.4, -0.2) is 37.4 Å². The molecule has 2 heterocycles. The van der Waals surface area contributed by atoms with Crippen molar-refractivity contribution >= 4 is 17.6 Å². The minimum atomic E-state index is -2.70. The molecule has 0 bridgehead atoms. The molecule has 8 heteroatoms. The number of fused-ring (bicyclic) bond motifs is 1. The van der Waals surface area contributed by atoms with Crippen molar-refractivity contribution in [2.75, 3.05) is 5.32 Å². The van der Waals surface area contributed by atoms with E-state index in [9.17, 15) is 13.6 Å². The Labute approximate surface area is 125 Å². The molecule has 2 aromatic rings. The van der Waals surface area contributed by atoms with Gasteiger partial charge in [0, 0.05) is 37.3 Å². The van der Waals surface area contributed by atoms with E-state index in [-0.39, 0.29) is 24.5 Å². The Bertz CT molecular complexity index is 701. The Kier molecular flexibility index (Phi) is 3.67. The highest BCUT2D eigenvalue weighted by Gasteiger charge is 2.34. The third-order valence-electron chi connectivity index (χ3n) is 3.83. The van der Waals surface area contributed by atoms with Gasteiger partial charge in [0.2, 0.25) is 11.9 Å². The van der Waals surface area contributed by atoms with Gasteiger partial charge >= 0.3 is 5.97 Å². The van der Waals surface area contributed by atoms with Crippen LogP contribution in [0, 0.1) is 0 Å². The Morgan fingerprint density at radius 2 is 2.27 bits per heavy atom. The first kappa shape index (κ1) is 14.7. The second-order valence-electron chi connectivity index (χ2n) is 5.57. The number of anilines is 1. The number of aromatic carboxylic acids is 1. The molecule has 3 rings (SSSR count). The highest BCUT2D eigenvalue weighted by atomic mass is 19.3. The van der Waals surface area contributed by atoms with Crippen LogP contribution in [0.25, 0.3) is 5.65 Å². The number of aromatic nitrogens is 3. The van der Waals surface area contributed by atoms with Gasteiger partial charge in [0.15, 0.2) is 5.69 Å². The van der Waals surface area contributed by atoms with Gasteiger partial charge in [-0.05, 0) is 12.8 Å². The molecule has 1 unspecified atom stereocenters. The van der Waals surface area contributed by atoms with Crippen LogP contribution in [0.5, 0.6) is 0 Å². The van der Waals surface area contributed by atoms with E-state index >= 15 is 0 Å². The number of carboxylic acid groups (broad SMARTS) is 1. The first-order valence-electron chi connectivity index (χ1n) is 7.16. The number of halogens is 2. The molecule has 22 heavy (non-hydrogen) atoms. The largest absolute Gasteiger partial charge is 0.477 e. The summed E-state index contributed by atoms with van der Waals surface area (Å²) in [6.45, 7) is 0. The number of nitrogens with one attached hydrogen (secondary N) is 1. The average Bonchev–Trinajstić information content (AvgIpc) is 2.84. The quantitative estimate of drug-likeness (QED) is 0.852. The van der Waals surface area contributed by atoms with Crippen molar-refractivity contribution in [3.63, 3.8) is 0 Å². The van der Waals surface area contributed by atoms with E-state index < -0.39 is 17.9 Å². The molecule has 0 aromatic carbocycles. The van der Waals surface area contributed by atoms with Gasteiger partial charge in [-0.25, -0.2) is 23.5 Å². The fourth-order valence-electron chi connectivity index (χ4n) is 2.78. The van der Waals surface area contributed by atoms with E-state index in [1.165, 1.54) is 12.3 Å². The van der Waals surface area contributed by atoms with Crippen LogP contribution < -0.4 is 5.32 Å². The molecule has 1 fully saturated rings. The highest BCUT2D eigenvalue weighted by molar-refractivity contribution is 5.87. The summed E-state index contributed by atoms with van der Waals surface area (Å²) in [5, 5.41) is 12.1. The van der Waals surface area contributed by atoms with Gasteiger partial charge in [-0.3, -0.25) is 4.40 Å². The topological polar surface area (TPSA) is 79.5 Å². The lowest BCUT2D eigenvalue weighted by molar-refractivity contribution is -0.0160. The fraction of sp³-hybridized carbons (Fsp3) is 0.500. The summed E-state index contributed by atoms with van der Waals surface area (Å²) < 4.78 is 29.0. The molecule has 0 saturated heterocycles. The van der Waals surface area contributed by atoms with Gasteiger partial charge in [-0.2, -0.15) is 0 Å². The molecule has 1 aliphatic rings. The van der Waals surface area contributed by atoms with Gasteiger partial charge in [0.05, 0.1) is 0 Å². The number of nitrogens with zero attached hydrogens (tertiary/aromatic N) is 3. The van der Waals surface area contributed by atoms with Crippen molar-refractivity contribution < 1.29 is 18.7 Å². The lowest BCUT2D eigenvalue weighted by atomic mass is 10.1. The first-order valence-corrected chi connectivity index (χ1v) is 7.16. The lowest BCUT2D eigenvalue weighted by Crippen LogP contribution is -2.29. The summed E-state index contributed by atoms with van der Waals surface area (Å²) in [5.74, 6) is -3.65. The molecule has 1 saturated carbocycles. The van der Waals surface area contributed by atoms with Crippen molar-refractivity contribution in [1.82, 2.24) is 14.4 Å². The standard InChI is InChI=1S/C14H16F2N4O2/c15-14(16)4-2-1-3-9(8-14)18-13-19-10(12(21)22)7-11-17-5-6-20(11)13/h5-7,9H,1-4,8H2,(H,18,19)(H,21,22). The fourth-order valence-corrected chi connectivity index (χ4v) is 2.78. The van der Waals surface area contributed by atoms with Crippen LogP contribution in [-0.2, 0) is 0 Å². The Morgan fingerprint density at radius 1 is 1.45 bits per heavy atom. The highest BCUT2D eigenvalue weighted by Crippen LogP contribution is 2.33. The van der Waals surface area contributed by atoms with Crippen molar-refractivity contribution in [3.8, 4) is 0 Å². The van der Waals surface area contributed by atoms with Crippen molar-refractivity contribution in [2.45, 2.75) is 44.1 Å². The number of alkyl halides is 2. The molecule has 118 valence electrons. The molecule has 2 aromatic heterocycles. The van der Waals surface area contributed by atoms with E-state index in [0.29, 0.717) is 24.9 Å². The molecule has 2 N–H and O–H groups in total. The number of imidazole rings is 1. The van der Waals surface area contributed by atoms with Gasteiger partial charge in [0.1, 0.15) is 5.65 Å². The van der Waals surface area contributed by atoms with Crippen LogP contribution in [0.1, 0.15) is 42.6 Å². The maximum Gasteiger partial charge on any atom is 0.354 e. The zero-order valence-corrected chi connectivity index (χ0v) is 11.8. The minimum Gasteiger partial charge on any atom is -0.477 e. The lowest BCUT2D eigenvalue weighted by Gasteiger charge is -2.21. The molecule has 0 spiro atoms. The maximum absolute atomic E-state index is 13.7. The van der Waals surface area contributed by atoms with Gasteiger partial charge in [0.25, 0.3) is 0 Å². The average molecular weight is 310 g/mol. The van der Waals surface area contributed by atoms with E-state index in [1.807, 2.05) is 0 Å². The summed E-state index contributed by atoms with van der Waals surface area (Å²) in [5.41, 5.74) is 0.247. The second-order valence-corrected chi connectivity index (χ2v) is 5.57. The molecular weight excluding hydrogens is 294 g/mol. The number of hydrogen-bond donors (Lipinski definition) is 2. The molecule has 0 radical (unpaired) electrons. The molecule has 0 amide bonds. The zero-order valence-electron chi connectivity index (χ0n) is 11.8. The second kappa shape index (κ2) is 5.51. The summed E-state index contributed by atoms with van der Waals surface area (Å²) in [4.78, 5) is 19.2. The van der Waals surface area contributed by atoms with Crippen LogP contribution in [0.3, 0.4) is 0 Å². The van der Waals surface area contributed by atoms with E-state index in [4.69, 9.17) is 5.11 Å². The first-order chi connectivity index (χ1) is 10.4. The Morgan fingerprint density at radius 3 is 3.05 bits per heavy atom. The Hall–Kier alpha value is -2.25. The molecule has 6 nitrogen and oxygen atoms in total. The van der Waals surface area contributed by atoms with Gasteiger partial charge in [-0.1, -0.05) is 6.42 Å². The summed E-state index contributed by atoms with van der Waals surface area (Å²) in [6, 6.07) is 0.898. The molecule has 0 aliphatic heterocycles. The minimum absolute atomic E-state index is 0.103. The van der Waals surface area contributed by atoms with Crippen molar-refractivity contribution in [1.29, 1.82) is 0 Å². The van der Waals surface area contributed by atoms with Crippen LogP contribution in [0.15, 0.2) is 18.5 Å². The molecule has 1 aliphatic carbocycles. The number of hydrogen-bond acceptors (Lipinski definition) is 4.